The van der Waals surface area contributed by atoms with Crippen LogP contribution in [0.15, 0.2) is 29.2 Å². The molecule has 0 aromatic heterocycles. The molecule has 1 aromatic carbocycles. The second kappa shape index (κ2) is 5.67. The lowest BCUT2D eigenvalue weighted by molar-refractivity contribution is -0.136. The van der Waals surface area contributed by atoms with Crippen LogP contribution in [0.5, 0.6) is 0 Å². The largest absolute Gasteiger partial charge is 0.494 e. The van der Waals surface area contributed by atoms with Gasteiger partial charge < -0.3 is 14.4 Å². The highest BCUT2D eigenvalue weighted by Gasteiger charge is 2.51. The molecule has 0 bridgehead atoms. The van der Waals surface area contributed by atoms with Crippen molar-refractivity contribution in [2.45, 2.75) is 56.0 Å². The molecule has 6 heteroatoms. The van der Waals surface area contributed by atoms with E-state index in [2.05, 4.69) is 0 Å². The van der Waals surface area contributed by atoms with Gasteiger partial charge in [0.15, 0.2) is 0 Å². The van der Waals surface area contributed by atoms with Gasteiger partial charge in [-0.1, -0.05) is 12.1 Å². The standard InChI is InChI=1S/C15H21BO4S/c1-10(13(17)18)21-12-8-6-11(7-9-12)16-19-14(2,3)15(4,5)20-16/h6-10H,1-5H3,(H,17,18). The van der Waals surface area contributed by atoms with Crippen LogP contribution in [0.25, 0.3) is 0 Å². The summed E-state index contributed by atoms with van der Waals surface area (Å²) in [6.07, 6.45) is 0. The predicted molar refractivity (Wildman–Crippen MR) is 85.1 cm³/mol. The molecule has 1 N–H and O–H groups in total. The van der Waals surface area contributed by atoms with Crippen LogP contribution >= 0.6 is 11.8 Å². The molecular weight excluding hydrogens is 287 g/mol. The molecule has 1 saturated heterocycles. The van der Waals surface area contributed by atoms with Crippen LogP contribution in [0.4, 0.5) is 0 Å². The Morgan fingerprint density at radius 3 is 2.05 bits per heavy atom. The summed E-state index contributed by atoms with van der Waals surface area (Å²) in [4.78, 5) is 11.8. The van der Waals surface area contributed by atoms with Gasteiger partial charge in [-0.3, -0.25) is 4.79 Å². The van der Waals surface area contributed by atoms with Crippen molar-refractivity contribution in [3.63, 3.8) is 0 Å². The van der Waals surface area contributed by atoms with E-state index in [0.29, 0.717) is 0 Å². The van der Waals surface area contributed by atoms with Gasteiger partial charge in [0.2, 0.25) is 0 Å². The average Bonchev–Trinajstić information content (AvgIpc) is 2.59. The lowest BCUT2D eigenvalue weighted by Gasteiger charge is -2.32. The highest BCUT2D eigenvalue weighted by atomic mass is 32.2. The van der Waals surface area contributed by atoms with E-state index >= 15 is 0 Å². The fraction of sp³-hybridized carbons (Fsp3) is 0.533. The van der Waals surface area contributed by atoms with E-state index in [1.54, 1.807) is 6.92 Å². The Bertz CT molecular complexity index is 511. The van der Waals surface area contributed by atoms with Crippen molar-refractivity contribution in [3.8, 4) is 0 Å². The van der Waals surface area contributed by atoms with E-state index in [4.69, 9.17) is 14.4 Å². The van der Waals surface area contributed by atoms with E-state index in [1.807, 2.05) is 52.0 Å². The van der Waals surface area contributed by atoms with Crippen molar-refractivity contribution in [3.05, 3.63) is 24.3 Å². The summed E-state index contributed by atoms with van der Waals surface area (Å²) in [5.41, 5.74) is 0.229. The monoisotopic (exact) mass is 308 g/mol. The Labute approximate surface area is 130 Å². The topological polar surface area (TPSA) is 55.8 Å². The summed E-state index contributed by atoms with van der Waals surface area (Å²) in [5, 5.41) is 8.46. The predicted octanol–water partition coefficient (Wildman–Crippen LogP) is 2.55. The molecule has 0 saturated carbocycles. The fourth-order valence-corrected chi connectivity index (χ4v) is 2.74. The zero-order chi connectivity index (χ0) is 15.8. The number of hydrogen-bond donors (Lipinski definition) is 1. The minimum Gasteiger partial charge on any atom is -0.480 e. The van der Waals surface area contributed by atoms with Gasteiger partial charge in [-0.05, 0) is 52.2 Å². The molecule has 0 aliphatic carbocycles. The quantitative estimate of drug-likeness (QED) is 0.684. The normalized spacial score (nSPS) is 21.3. The van der Waals surface area contributed by atoms with E-state index < -0.39 is 11.2 Å². The van der Waals surface area contributed by atoms with Gasteiger partial charge in [0, 0.05) is 4.90 Å². The third-order valence-corrected chi connectivity index (χ3v) is 5.17. The van der Waals surface area contributed by atoms with E-state index in [1.165, 1.54) is 11.8 Å². The second-order valence-corrected chi connectivity index (χ2v) is 7.67. The molecular formula is C15H21BO4S. The maximum Gasteiger partial charge on any atom is 0.494 e. The minimum absolute atomic E-state index is 0.358. The molecule has 1 heterocycles. The number of carbonyl (C=O) groups is 1. The van der Waals surface area contributed by atoms with Gasteiger partial charge in [0.25, 0.3) is 0 Å². The summed E-state index contributed by atoms with van der Waals surface area (Å²) in [6.45, 7) is 9.75. The summed E-state index contributed by atoms with van der Waals surface area (Å²) < 4.78 is 12.0. The zero-order valence-electron chi connectivity index (χ0n) is 13.0. The van der Waals surface area contributed by atoms with Crippen molar-refractivity contribution < 1.29 is 19.2 Å². The van der Waals surface area contributed by atoms with Crippen LogP contribution in [0.2, 0.25) is 0 Å². The smallest absolute Gasteiger partial charge is 0.480 e. The Morgan fingerprint density at radius 2 is 1.62 bits per heavy atom. The van der Waals surface area contributed by atoms with Gasteiger partial charge in [-0.15, -0.1) is 11.8 Å². The molecule has 114 valence electrons. The SMILES string of the molecule is CC(Sc1ccc(B2OC(C)(C)C(C)(C)O2)cc1)C(=O)O. The van der Waals surface area contributed by atoms with Crippen molar-refractivity contribution in [2.24, 2.45) is 0 Å². The molecule has 1 fully saturated rings. The third kappa shape index (κ3) is 3.44. The second-order valence-electron chi connectivity index (χ2n) is 6.26. The first-order valence-electron chi connectivity index (χ1n) is 6.97. The van der Waals surface area contributed by atoms with Crippen LogP contribution in [-0.4, -0.2) is 34.6 Å². The summed E-state index contributed by atoms with van der Waals surface area (Å²) in [6, 6.07) is 7.67. The molecule has 1 aliphatic rings. The maximum atomic E-state index is 10.9. The number of aliphatic carboxylic acids is 1. The Balaban J connectivity index is 2.09. The molecule has 1 aromatic rings. The van der Waals surface area contributed by atoms with Gasteiger partial charge in [-0.2, -0.15) is 0 Å². The van der Waals surface area contributed by atoms with Gasteiger partial charge in [0.1, 0.15) is 5.25 Å². The average molecular weight is 308 g/mol. The van der Waals surface area contributed by atoms with Crippen molar-refractivity contribution in [1.82, 2.24) is 0 Å². The molecule has 4 nitrogen and oxygen atoms in total. The van der Waals surface area contributed by atoms with Gasteiger partial charge >= 0.3 is 13.1 Å². The van der Waals surface area contributed by atoms with Gasteiger partial charge in [-0.25, -0.2) is 0 Å². The Hall–Kier alpha value is -0.975. The number of thioether (sulfide) groups is 1. The van der Waals surface area contributed by atoms with Crippen LogP contribution in [0.1, 0.15) is 34.6 Å². The number of hydrogen-bond acceptors (Lipinski definition) is 4. The van der Waals surface area contributed by atoms with E-state index in [0.717, 1.165) is 10.4 Å². The zero-order valence-corrected chi connectivity index (χ0v) is 13.9. The Morgan fingerprint density at radius 1 is 1.14 bits per heavy atom. The number of rotatable bonds is 4. The molecule has 1 atom stereocenters. The molecule has 21 heavy (non-hydrogen) atoms. The lowest BCUT2D eigenvalue weighted by atomic mass is 9.79. The molecule has 0 spiro atoms. The van der Waals surface area contributed by atoms with Crippen LogP contribution in [0, 0.1) is 0 Å². The van der Waals surface area contributed by atoms with E-state index in [-0.39, 0.29) is 18.3 Å². The first-order chi connectivity index (χ1) is 9.62. The highest BCUT2D eigenvalue weighted by molar-refractivity contribution is 8.00. The first-order valence-corrected chi connectivity index (χ1v) is 7.85. The van der Waals surface area contributed by atoms with Crippen LogP contribution in [0.3, 0.4) is 0 Å². The summed E-state index contributed by atoms with van der Waals surface area (Å²) in [5.74, 6) is -0.810. The lowest BCUT2D eigenvalue weighted by Crippen LogP contribution is -2.41. The number of carboxylic acid groups (broad SMARTS) is 1. The van der Waals surface area contributed by atoms with Crippen molar-refractivity contribution >= 4 is 30.3 Å². The van der Waals surface area contributed by atoms with Crippen LogP contribution < -0.4 is 5.46 Å². The number of carboxylic acids is 1. The first kappa shape index (κ1) is 16.4. The molecule has 1 unspecified atom stereocenters. The molecule has 0 amide bonds. The third-order valence-electron chi connectivity index (χ3n) is 4.07. The number of benzene rings is 1. The summed E-state index contributed by atoms with van der Waals surface area (Å²) >= 11 is 1.32. The fourth-order valence-electron chi connectivity index (χ4n) is 1.94. The molecule has 1 aliphatic heterocycles. The van der Waals surface area contributed by atoms with E-state index in [9.17, 15) is 4.79 Å². The van der Waals surface area contributed by atoms with Crippen LogP contribution in [-0.2, 0) is 14.1 Å². The van der Waals surface area contributed by atoms with Crippen molar-refractivity contribution in [2.75, 3.05) is 0 Å². The summed E-state index contributed by atoms with van der Waals surface area (Å²) in [7, 11) is -0.383. The molecule has 2 rings (SSSR count). The minimum atomic E-state index is -0.810. The van der Waals surface area contributed by atoms with Crippen molar-refractivity contribution in [1.29, 1.82) is 0 Å². The highest BCUT2D eigenvalue weighted by Crippen LogP contribution is 2.36. The maximum absolute atomic E-state index is 10.9. The molecule has 0 radical (unpaired) electrons. The van der Waals surface area contributed by atoms with Gasteiger partial charge in [0.05, 0.1) is 11.2 Å². The Kier molecular flexibility index (Phi) is 4.43.